The van der Waals surface area contributed by atoms with E-state index >= 15 is 0 Å². The summed E-state index contributed by atoms with van der Waals surface area (Å²) in [6.45, 7) is 5.47. The van der Waals surface area contributed by atoms with Crippen molar-refractivity contribution in [2.45, 2.75) is 63.4 Å². The predicted octanol–water partition coefficient (Wildman–Crippen LogP) is -0.286. The molecule has 0 bridgehead atoms. The summed E-state index contributed by atoms with van der Waals surface area (Å²) >= 11 is 0. The van der Waals surface area contributed by atoms with Gasteiger partial charge in [-0.25, -0.2) is 9.59 Å². The first-order chi connectivity index (χ1) is 20.5. The Bertz CT molecular complexity index is 1180. The molecule has 7 N–H and O–H groups in total. The molecular formula is C29H44BN3O10. The molecule has 1 heterocycles. The van der Waals surface area contributed by atoms with Gasteiger partial charge in [-0.15, -0.1) is 0 Å². The van der Waals surface area contributed by atoms with Crippen LogP contribution in [0, 0.1) is 5.92 Å². The average molecular weight is 605 g/mol. The second-order valence-corrected chi connectivity index (χ2v) is 11.2. The van der Waals surface area contributed by atoms with Gasteiger partial charge in [0.1, 0.15) is 31.0 Å². The van der Waals surface area contributed by atoms with E-state index in [9.17, 15) is 30.0 Å². The molecule has 0 radical (unpaired) electrons. The molecule has 0 spiro atoms. The number of carbonyl (C=O) groups excluding carboxylic acids is 2. The molecule has 1 aliphatic heterocycles. The fraction of sp³-hybridized carbons (Fsp3) is 0.586. The minimum atomic E-state index is -1.83. The van der Waals surface area contributed by atoms with Crippen LogP contribution in [0.3, 0.4) is 0 Å². The summed E-state index contributed by atoms with van der Waals surface area (Å²) in [6, 6.07) is 12.3. The van der Waals surface area contributed by atoms with Gasteiger partial charge in [-0.2, -0.15) is 0 Å². The van der Waals surface area contributed by atoms with Crippen molar-refractivity contribution in [2.75, 3.05) is 39.5 Å². The van der Waals surface area contributed by atoms with Crippen LogP contribution in [0.5, 0.6) is 0 Å². The summed E-state index contributed by atoms with van der Waals surface area (Å²) in [7, 11) is -0.413. The molecule has 0 saturated carbocycles. The smallest absolute Gasteiger partial charge is 0.439 e. The Morgan fingerprint density at radius 2 is 1.74 bits per heavy atom. The zero-order chi connectivity index (χ0) is 31.6. The number of fused-ring (bicyclic) bond motifs is 1. The summed E-state index contributed by atoms with van der Waals surface area (Å²) < 4.78 is 22.0. The van der Waals surface area contributed by atoms with E-state index in [1.807, 2.05) is 44.2 Å². The number of benzene rings is 2. The predicted molar refractivity (Wildman–Crippen MR) is 159 cm³/mol. The number of amides is 2. The van der Waals surface area contributed by atoms with E-state index in [1.165, 1.54) is 6.92 Å². The first kappa shape index (κ1) is 34.7. The zero-order valence-corrected chi connectivity index (χ0v) is 24.9. The number of nitrogens with one attached hydrogen (secondary N) is 1. The zero-order valence-electron chi connectivity index (χ0n) is 24.9. The van der Waals surface area contributed by atoms with Crippen LogP contribution in [0.25, 0.3) is 10.8 Å². The van der Waals surface area contributed by atoms with E-state index in [4.69, 9.17) is 24.5 Å². The van der Waals surface area contributed by atoms with Gasteiger partial charge in [-0.1, -0.05) is 56.3 Å². The van der Waals surface area contributed by atoms with Gasteiger partial charge in [0.15, 0.2) is 5.54 Å². The summed E-state index contributed by atoms with van der Waals surface area (Å²) in [5.41, 5.74) is 4.73. The van der Waals surface area contributed by atoms with Crippen LogP contribution in [0.2, 0.25) is 0 Å². The van der Waals surface area contributed by atoms with Gasteiger partial charge in [0.25, 0.3) is 0 Å². The number of nitrogens with zero attached hydrogens (tertiary/aromatic N) is 1. The molecule has 13 nitrogen and oxygen atoms in total. The number of ether oxygens (including phenoxy) is 2. The number of aliphatic hydroxyl groups excluding tert-OH is 4. The molecule has 43 heavy (non-hydrogen) atoms. The molecule has 238 valence electrons. The van der Waals surface area contributed by atoms with Crippen molar-refractivity contribution in [2.24, 2.45) is 11.7 Å². The Kier molecular flexibility index (Phi) is 13.2. The molecule has 0 aliphatic carbocycles. The third-order valence-corrected chi connectivity index (χ3v) is 7.35. The molecular weight excluding hydrogens is 561 g/mol. The third-order valence-electron chi connectivity index (χ3n) is 7.35. The van der Waals surface area contributed by atoms with Gasteiger partial charge in [-0.05, 0) is 35.6 Å². The molecule has 2 aromatic carbocycles. The van der Waals surface area contributed by atoms with E-state index in [-0.39, 0.29) is 5.92 Å². The molecule has 1 aliphatic rings. The molecule has 3 rings (SSSR count). The van der Waals surface area contributed by atoms with E-state index in [2.05, 4.69) is 5.32 Å². The number of urea groups is 1. The van der Waals surface area contributed by atoms with E-state index < -0.39 is 69.1 Å². The first-order valence-corrected chi connectivity index (χ1v) is 14.4. The Balaban J connectivity index is 1.86. The van der Waals surface area contributed by atoms with Crippen LogP contribution < -0.4 is 11.1 Å². The number of hydrogen-bond acceptors (Lipinski definition) is 11. The topological polar surface area (TPSA) is 193 Å². The van der Waals surface area contributed by atoms with Crippen LogP contribution in [-0.4, -0.2) is 115 Å². The lowest BCUT2D eigenvalue weighted by Gasteiger charge is -2.35. The van der Waals surface area contributed by atoms with Gasteiger partial charge >= 0.3 is 19.7 Å². The van der Waals surface area contributed by atoms with Gasteiger partial charge < -0.3 is 55.2 Å². The molecule has 1 fully saturated rings. The SMILES string of the molecule is CC(C)C[C@H](N)OBO[C@H](COC(=O)[C@](C)(NC(=O)N1CCOCC1)c1cccc2ccccc12)[C@@H](O)[C@H](O)[C@H](O)CO. The highest BCUT2D eigenvalue weighted by molar-refractivity contribution is 6.18. The normalized spacial score (nSPS) is 18.8. The number of rotatable bonds is 15. The number of nitrogens with two attached hydrogens (primary N) is 1. The van der Waals surface area contributed by atoms with E-state index in [0.29, 0.717) is 43.7 Å². The van der Waals surface area contributed by atoms with Crippen molar-refractivity contribution in [3.05, 3.63) is 48.0 Å². The molecule has 2 amide bonds. The lowest BCUT2D eigenvalue weighted by atomic mass is 9.87. The lowest BCUT2D eigenvalue weighted by molar-refractivity contribution is -0.161. The minimum absolute atomic E-state index is 0.248. The molecule has 0 unspecified atom stereocenters. The van der Waals surface area contributed by atoms with Crippen molar-refractivity contribution < 1.29 is 48.8 Å². The number of esters is 1. The Hall–Kier alpha value is -2.82. The fourth-order valence-electron chi connectivity index (χ4n) is 4.80. The highest BCUT2D eigenvalue weighted by atomic mass is 16.6. The number of morpholine rings is 1. The molecule has 1 saturated heterocycles. The van der Waals surface area contributed by atoms with Crippen LogP contribution in [0.1, 0.15) is 32.8 Å². The van der Waals surface area contributed by atoms with Crippen molar-refractivity contribution in [1.29, 1.82) is 0 Å². The first-order valence-electron chi connectivity index (χ1n) is 14.4. The maximum Gasteiger partial charge on any atom is 0.439 e. The standard InChI is InChI=1S/C29H44BN3O10/c1-18(2)15-24(31)43-30-42-23(26(37)25(36)22(35)16-34)17-41-27(38)29(3,32-28(39)33-11-13-40-14-12-33)21-10-6-8-19-7-4-5-9-20(19)21/h4-10,18,22-26,30,34-37H,11-17,31H2,1-3H3,(H,32,39)/t22-,23-,24-,25-,26-,29-/m1/s1. The van der Waals surface area contributed by atoms with Crippen molar-refractivity contribution in [1.82, 2.24) is 10.2 Å². The van der Waals surface area contributed by atoms with E-state index in [1.54, 1.807) is 17.0 Å². The average Bonchev–Trinajstić information content (AvgIpc) is 3.00. The monoisotopic (exact) mass is 605 g/mol. The van der Waals surface area contributed by atoms with Crippen molar-refractivity contribution >= 4 is 30.5 Å². The Morgan fingerprint density at radius 1 is 1.07 bits per heavy atom. The maximum absolute atomic E-state index is 13.9. The van der Waals surface area contributed by atoms with Crippen molar-refractivity contribution in [3.63, 3.8) is 0 Å². The van der Waals surface area contributed by atoms with Gasteiger partial charge in [0.05, 0.1) is 26.0 Å². The Morgan fingerprint density at radius 3 is 2.42 bits per heavy atom. The highest BCUT2D eigenvalue weighted by Crippen LogP contribution is 2.31. The molecule has 0 aromatic heterocycles. The van der Waals surface area contributed by atoms with Gasteiger partial charge in [-0.3, -0.25) is 0 Å². The third kappa shape index (κ3) is 9.34. The molecule has 14 heteroatoms. The van der Waals surface area contributed by atoms with Crippen molar-refractivity contribution in [3.8, 4) is 0 Å². The second kappa shape index (κ2) is 16.3. The fourth-order valence-corrected chi connectivity index (χ4v) is 4.80. The van der Waals surface area contributed by atoms with E-state index in [0.717, 1.165) is 5.39 Å². The quantitative estimate of drug-likeness (QED) is 0.0888. The Labute approximate surface area is 252 Å². The second-order valence-electron chi connectivity index (χ2n) is 11.2. The molecule has 6 atom stereocenters. The van der Waals surface area contributed by atoms with Gasteiger partial charge in [0, 0.05) is 13.1 Å². The van der Waals surface area contributed by atoms with Crippen LogP contribution in [-0.2, 0) is 29.1 Å². The van der Waals surface area contributed by atoms with Crippen LogP contribution in [0.15, 0.2) is 42.5 Å². The number of carbonyl (C=O) groups is 2. The molecule has 2 aromatic rings. The minimum Gasteiger partial charge on any atom is -0.461 e. The summed E-state index contributed by atoms with van der Waals surface area (Å²) in [5.74, 6) is -0.612. The summed E-state index contributed by atoms with van der Waals surface area (Å²) in [5, 5.41) is 44.7. The lowest BCUT2D eigenvalue weighted by Crippen LogP contribution is -2.57. The number of hydrogen-bond donors (Lipinski definition) is 6. The summed E-state index contributed by atoms with van der Waals surface area (Å²) in [6.07, 6.45) is -6.83. The summed E-state index contributed by atoms with van der Waals surface area (Å²) in [4.78, 5) is 28.8. The maximum atomic E-state index is 13.9. The highest BCUT2D eigenvalue weighted by Gasteiger charge is 2.42. The number of aliphatic hydroxyl groups is 4. The largest absolute Gasteiger partial charge is 0.461 e. The van der Waals surface area contributed by atoms with Crippen LogP contribution in [0.4, 0.5) is 4.79 Å². The van der Waals surface area contributed by atoms with Crippen LogP contribution >= 0.6 is 0 Å². The van der Waals surface area contributed by atoms with Gasteiger partial charge in [0.2, 0.25) is 0 Å².